The number of nitrogens with zero attached hydrogens (tertiary/aromatic N) is 3. The number of carbonyl (C=O) groups excluding carboxylic acids is 1. The monoisotopic (exact) mass is 434 g/mol. The number of amides is 1. The number of aryl methyl sites for hydroxylation is 1. The standard InChI is InChI=1S/C21H24F2N4O4/c22-20(23)27-11-15-9-17(3-2-13(15)8-14(19(27)30)10-18(28)29)31-7-4-16-12-26-6-1-5-24-21(26)25-16/h2-3,9,12,14,20H,1,4-8,10-11H2,(H,24,25)(H,28,29). The molecule has 0 fully saturated rings. The van der Waals surface area contributed by atoms with Crippen LogP contribution in [0.25, 0.3) is 0 Å². The number of rotatable bonds is 7. The SMILES string of the molecule is O=C(O)CC1Cc2ccc(OCCc3cn4c(n3)NCCC4)cc2CN(C(F)F)C1=O. The van der Waals surface area contributed by atoms with Gasteiger partial charge in [0.05, 0.1) is 31.2 Å². The zero-order valence-corrected chi connectivity index (χ0v) is 16.9. The van der Waals surface area contributed by atoms with Crippen molar-refractivity contribution < 1.29 is 28.2 Å². The topological polar surface area (TPSA) is 96.7 Å². The van der Waals surface area contributed by atoms with Crippen molar-refractivity contribution in [2.24, 2.45) is 5.92 Å². The minimum atomic E-state index is -3.00. The molecule has 4 rings (SSSR count). The molecule has 0 radical (unpaired) electrons. The van der Waals surface area contributed by atoms with E-state index in [1.165, 1.54) is 0 Å². The van der Waals surface area contributed by atoms with Gasteiger partial charge in [0.1, 0.15) is 5.75 Å². The molecule has 3 heterocycles. The maximum atomic E-state index is 13.5. The van der Waals surface area contributed by atoms with E-state index in [4.69, 9.17) is 9.84 Å². The van der Waals surface area contributed by atoms with Crippen LogP contribution in [0.1, 0.15) is 29.7 Å². The van der Waals surface area contributed by atoms with Crippen LogP contribution in [0.2, 0.25) is 0 Å². The first-order chi connectivity index (χ1) is 14.9. The molecule has 31 heavy (non-hydrogen) atoms. The highest BCUT2D eigenvalue weighted by Crippen LogP contribution is 2.29. The number of carboxylic acids is 1. The number of fused-ring (bicyclic) bond motifs is 2. The average Bonchev–Trinajstić information content (AvgIpc) is 3.08. The molecule has 10 heteroatoms. The molecule has 0 bridgehead atoms. The lowest BCUT2D eigenvalue weighted by molar-refractivity contribution is -0.154. The molecule has 2 aromatic rings. The highest BCUT2D eigenvalue weighted by atomic mass is 19.3. The second-order valence-corrected chi connectivity index (χ2v) is 7.80. The summed E-state index contributed by atoms with van der Waals surface area (Å²) in [4.78, 5) is 28.5. The van der Waals surface area contributed by atoms with Crippen molar-refractivity contribution in [2.45, 2.75) is 45.3 Å². The van der Waals surface area contributed by atoms with Gasteiger partial charge in [-0.15, -0.1) is 0 Å². The Hall–Kier alpha value is -3.17. The van der Waals surface area contributed by atoms with E-state index in [-0.39, 0.29) is 13.0 Å². The largest absolute Gasteiger partial charge is 0.493 e. The summed E-state index contributed by atoms with van der Waals surface area (Å²) in [5.41, 5.74) is 2.13. The molecule has 1 aromatic heterocycles. The summed E-state index contributed by atoms with van der Waals surface area (Å²) in [6.45, 7) is -1.07. The van der Waals surface area contributed by atoms with Gasteiger partial charge in [0.25, 0.3) is 0 Å². The van der Waals surface area contributed by atoms with E-state index in [0.29, 0.717) is 34.8 Å². The van der Waals surface area contributed by atoms with Gasteiger partial charge in [0.15, 0.2) is 0 Å². The predicted molar refractivity (Wildman–Crippen MR) is 107 cm³/mol. The van der Waals surface area contributed by atoms with Gasteiger partial charge >= 0.3 is 12.5 Å². The van der Waals surface area contributed by atoms with Crippen molar-refractivity contribution >= 4 is 17.8 Å². The number of halogens is 2. The molecule has 1 aromatic carbocycles. The maximum absolute atomic E-state index is 13.5. The predicted octanol–water partition coefficient (Wildman–Crippen LogP) is 2.52. The van der Waals surface area contributed by atoms with Crippen molar-refractivity contribution in [3.63, 3.8) is 0 Å². The Balaban J connectivity index is 1.44. The molecule has 0 saturated carbocycles. The Morgan fingerprint density at radius 2 is 2.19 bits per heavy atom. The molecule has 2 aliphatic heterocycles. The Labute approximate surface area is 177 Å². The van der Waals surface area contributed by atoms with Crippen LogP contribution in [0.4, 0.5) is 14.7 Å². The zero-order valence-electron chi connectivity index (χ0n) is 16.9. The van der Waals surface area contributed by atoms with Gasteiger partial charge in [-0.05, 0) is 36.1 Å². The molecular weight excluding hydrogens is 410 g/mol. The molecule has 1 atom stereocenters. The van der Waals surface area contributed by atoms with Gasteiger partial charge in [0, 0.05) is 25.7 Å². The first kappa shape index (κ1) is 21.1. The van der Waals surface area contributed by atoms with Crippen LogP contribution in [0.15, 0.2) is 24.4 Å². The van der Waals surface area contributed by atoms with Crippen LogP contribution in [0, 0.1) is 5.92 Å². The van der Waals surface area contributed by atoms with E-state index >= 15 is 0 Å². The lowest BCUT2D eigenvalue weighted by Gasteiger charge is -2.22. The summed E-state index contributed by atoms with van der Waals surface area (Å²) in [5, 5.41) is 12.3. The molecule has 166 valence electrons. The molecule has 0 saturated heterocycles. The fourth-order valence-corrected chi connectivity index (χ4v) is 4.05. The number of hydrogen-bond donors (Lipinski definition) is 2. The fourth-order valence-electron chi connectivity index (χ4n) is 4.05. The van der Waals surface area contributed by atoms with Gasteiger partial charge in [-0.1, -0.05) is 6.07 Å². The third-order valence-electron chi connectivity index (χ3n) is 5.59. The van der Waals surface area contributed by atoms with Crippen molar-refractivity contribution in [3.05, 3.63) is 41.2 Å². The summed E-state index contributed by atoms with van der Waals surface area (Å²) in [5.74, 6) is -1.67. The maximum Gasteiger partial charge on any atom is 0.317 e. The number of ether oxygens (including phenoxy) is 1. The molecule has 1 unspecified atom stereocenters. The Morgan fingerprint density at radius 1 is 1.35 bits per heavy atom. The van der Waals surface area contributed by atoms with Crippen molar-refractivity contribution in [3.8, 4) is 5.75 Å². The number of carboxylic acid groups (broad SMARTS) is 1. The molecule has 0 spiro atoms. The number of aromatic nitrogens is 2. The number of imidazole rings is 1. The van der Waals surface area contributed by atoms with Crippen molar-refractivity contribution in [2.75, 3.05) is 18.5 Å². The molecular formula is C21H24F2N4O4. The van der Waals surface area contributed by atoms with E-state index in [2.05, 4.69) is 14.9 Å². The Kier molecular flexibility index (Phi) is 6.06. The smallest absolute Gasteiger partial charge is 0.317 e. The Morgan fingerprint density at radius 3 is 2.94 bits per heavy atom. The number of benzene rings is 1. The number of anilines is 1. The third-order valence-corrected chi connectivity index (χ3v) is 5.59. The lowest BCUT2D eigenvalue weighted by Crippen LogP contribution is -2.38. The first-order valence-corrected chi connectivity index (χ1v) is 10.3. The van der Waals surface area contributed by atoms with E-state index in [1.807, 2.05) is 6.20 Å². The van der Waals surface area contributed by atoms with Crippen LogP contribution >= 0.6 is 0 Å². The fraction of sp³-hybridized carbons (Fsp3) is 0.476. The summed E-state index contributed by atoms with van der Waals surface area (Å²) in [7, 11) is 0. The number of alkyl halides is 2. The average molecular weight is 434 g/mol. The number of carbonyl (C=O) groups is 2. The van der Waals surface area contributed by atoms with Gasteiger partial charge in [-0.2, -0.15) is 8.78 Å². The van der Waals surface area contributed by atoms with Gasteiger partial charge in [-0.25, -0.2) is 4.98 Å². The van der Waals surface area contributed by atoms with Crippen molar-refractivity contribution in [1.29, 1.82) is 0 Å². The van der Waals surface area contributed by atoms with E-state index in [9.17, 15) is 18.4 Å². The number of hydrogen-bond acceptors (Lipinski definition) is 5. The first-order valence-electron chi connectivity index (χ1n) is 10.3. The molecule has 8 nitrogen and oxygen atoms in total. The quantitative estimate of drug-likeness (QED) is 0.650. The second-order valence-electron chi connectivity index (χ2n) is 7.80. The summed E-state index contributed by atoms with van der Waals surface area (Å²) >= 11 is 0. The van der Waals surface area contributed by atoms with Crippen LogP contribution in [0.3, 0.4) is 0 Å². The molecule has 1 amide bonds. The highest BCUT2D eigenvalue weighted by Gasteiger charge is 2.35. The zero-order chi connectivity index (χ0) is 22.0. The van der Waals surface area contributed by atoms with Crippen molar-refractivity contribution in [1.82, 2.24) is 14.5 Å². The summed E-state index contributed by atoms with van der Waals surface area (Å²) in [6, 6.07) is 5.10. The number of nitrogens with one attached hydrogen (secondary N) is 1. The van der Waals surface area contributed by atoms with E-state index < -0.39 is 30.8 Å². The minimum absolute atomic E-state index is 0.108. The lowest BCUT2D eigenvalue weighted by atomic mass is 9.94. The minimum Gasteiger partial charge on any atom is -0.493 e. The molecule has 2 N–H and O–H groups in total. The van der Waals surface area contributed by atoms with Crippen LogP contribution in [-0.4, -0.2) is 51.1 Å². The van der Waals surface area contributed by atoms with Gasteiger partial charge in [0.2, 0.25) is 11.9 Å². The summed E-state index contributed by atoms with van der Waals surface area (Å²) in [6.07, 6.45) is 3.28. The van der Waals surface area contributed by atoms with Gasteiger partial charge in [-0.3, -0.25) is 14.5 Å². The van der Waals surface area contributed by atoms with Gasteiger partial charge < -0.3 is 19.7 Å². The van der Waals surface area contributed by atoms with E-state index in [1.54, 1.807) is 18.2 Å². The third kappa shape index (κ3) is 4.78. The highest BCUT2D eigenvalue weighted by molar-refractivity contribution is 5.84. The normalized spacial score (nSPS) is 18.2. The Bertz CT molecular complexity index is 955. The van der Waals surface area contributed by atoms with Crippen LogP contribution < -0.4 is 10.1 Å². The molecule has 2 aliphatic rings. The second kappa shape index (κ2) is 8.91. The summed E-state index contributed by atoms with van der Waals surface area (Å²) < 4.78 is 34.8. The molecule has 0 aliphatic carbocycles. The van der Waals surface area contributed by atoms with Crippen LogP contribution in [-0.2, 0) is 35.5 Å². The number of aliphatic carboxylic acids is 1. The van der Waals surface area contributed by atoms with E-state index in [0.717, 1.165) is 31.2 Å². The van der Waals surface area contributed by atoms with Crippen LogP contribution in [0.5, 0.6) is 5.75 Å².